The average molecular weight is 356 g/mol. The molecule has 0 saturated heterocycles. The second-order valence-electron chi connectivity index (χ2n) is 6.27. The van der Waals surface area contributed by atoms with Gasteiger partial charge >= 0.3 is 0 Å². The van der Waals surface area contributed by atoms with Gasteiger partial charge in [0.2, 0.25) is 0 Å². The fraction of sp³-hybridized carbons (Fsp3) is 0.400. The van der Waals surface area contributed by atoms with Gasteiger partial charge in [0, 0.05) is 19.0 Å². The van der Waals surface area contributed by atoms with Crippen LogP contribution >= 0.6 is 11.6 Å². The first-order chi connectivity index (χ1) is 10.6. The molecule has 124 valence electrons. The SMILES string of the molecule is Cc1nn(C)c(Cl)c1S(=O)(=O)Nc1cccc2c1OC(C)(C)C2. The number of anilines is 1. The summed E-state index contributed by atoms with van der Waals surface area (Å²) < 4.78 is 35.2. The molecule has 0 radical (unpaired) electrons. The minimum Gasteiger partial charge on any atom is -0.485 e. The molecule has 1 aromatic heterocycles. The van der Waals surface area contributed by atoms with Crippen LogP contribution in [0.5, 0.6) is 5.75 Å². The molecule has 3 rings (SSSR count). The Kier molecular flexibility index (Phi) is 3.61. The zero-order valence-electron chi connectivity index (χ0n) is 13.3. The lowest BCUT2D eigenvalue weighted by molar-refractivity contribution is 0.139. The van der Waals surface area contributed by atoms with E-state index in [0.717, 1.165) is 12.0 Å². The number of ether oxygens (including phenoxy) is 1. The van der Waals surface area contributed by atoms with Gasteiger partial charge in [-0.1, -0.05) is 23.7 Å². The molecular formula is C15H18ClN3O3S. The molecule has 8 heteroatoms. The summed E-state index contributed by atoms with van der Waals surface area (Å²) in [6.45, 7) is 5.54. The molecule has 0 amide bonds. The van der Waals surface area contributed by atoms with E-state index < -0.39 is 10.0 Å². The van der Waals surface area contributed by atoms with Crippen molar-refractivity contribution in [3.05, 3.63) is 34.6 Å². The molecule has 0 aliphatic carbocycles. The second kappa shape index (κ2) is 5.14. The van der Waals surface area contributed by atoms with Crippen LogP contribution in [0.25, 0.3) is 0 Å². The molecule has 1 aromatic carbocycles. The fourth-order valence-corrected chi connectivity index (χ4v) is 4.62. The smallest absolute Gasteiger partial charge is 0.266 e. The van der Waals surface area contributed by atoms with Crippen molar-refractivity contribution in [3.8, 4) is 5.75 Å². The fourth-order valence-electron chi connectivity index (χ4n) is 2.81. The normalized spacial score (nSPS) is 16.0. The first-order valence-corrected chi connectivity index (χ1v) is 9.00. The standard InChI is InChI=1S/C15H18ClN3O3S/c1-9-13(14(16)19(4)17-9)23(20,21)18-11-7-5-6-10-8-15(2,3)22-12(10)11/h5-7,18H,8H2,1-4H3. The Bertz CT molecular complexity index is 888. The molecule has 1 N–H and O–H groups in total. The summed E-state index contributed by atoms with van der Waals surface area (Å²) >= 11 is 6.08. The highest BCUT2D eigenvalue weighted by molar-refractivity contribution is 7.92. The number of nitrogens with zero attached hydrogens (tertiary/aromatic N) is 2. The molecule has 23 heavy (non-hydrogen) atoms. The van der Waals surface area contributed by atoms with Crippen LogP contribution in [-0.2, 0) is 23.5 Å². The number of para-hydroxylation sites is 1. The zero-order chi connectivity index (χ0) is 17.0. The summed E-state index contributed by atoms with van der Waals surface area (Å²) in [5.41, 5.74) is 1.38. The lowest BCUT2D eigenvalue weighted by Gasteiger charge is -2.18. The summed E-state index contributed by atoms with van der Waals surface area (Å²) in [6, 6.07) is 5.42. The van der Waals surface area contributed by atoms with Crippen LogP contribution in [0.15, 0.2) is 23.1 Å². The quantitative estimate of drug-likeness (QED) is 0.918. The van der Waals surface area contributed by atoms with Gasteiger partial charge in [-0.05, 0) is 26.8 Å². The number of hydrogen-bond donors (Lipinski definition) is 1. The van der Waals surface area contributed by atoms with E-state index in [2.05, 4.69) is 9.82 Å². The van der Waals surface area contributed by atoms with Gasteiger partial charge in [-0.2, -0.15) is 5.10 Å². The van der Waals surface area contributed by atoms with Crippen LogP contribution in [-0.4, -0.2) is 23.8 Å². The van der Waals surface area contributed by atoms with Gasteiger partial charge in [0.05, 0.1) is 11.4 Å². The topological polar surface area (TPSA) is 73.2 Å². The number of nitrogens with one attached hydrogen (secondary N) is 1. The Morgan fingerprint density at radius 1 is 1.39 bits per heavy atom. The predicted molar refractivity (Wildman–Crippen MR) is 88.6 cm³/mol. The van der Waals surface area contributed by atoms with Crippen molar-refractivity contribution in [3.63, 3.8) is 0 Å². The van der Waals surface area contributed by atoms with E-state index in [0.29, 0.717) is 17.1 Å². The molecule has 6 nitrogen and oxygen atoms in total. The number of sulfonamides is 1. The van der Waals surface area contributed by atoms with Crippen molar-refractivity contribution in [2.75, 3.05) is 4.72 Å². The summed E-state index contributed by atoms with van der Waals surface area (Å²) in [5.74, 6) is 0.568. The van der Waals surface area contributed by atoms with Crippen LogP contribution in [0, 0.1) is 6.92 Å². The lowest BCUT2D eigenvalue weighted by Crippen LogP contribution is -2.25. The number of benzene rings is 1. The Hall–Kier alpha value is -1.73. The Balaban J connectivity index is 2.02. The molecular weight excluding hydrogens is 338 g/mol. The minimum absolute atomic E-state index is 0.0171. The minimum atomic E-state index is -3.86. The highest BCUT2D eigenvalue weighted by atomic mass is 35.5. The first-order valence-electron chi connectivity index (χ1n) is 7.13. The van der Waals surface area contributed by atoms with Crippen LogP contribution in [0.2, 0.25) is 5.15 Å². The summed E-state index contributed by atoms with van der Waals surface area (Å²) in [7, 11) is -2.26. The van der Waals surface area contributed by atoms with E-state index in [-0.39, 0.29) is 15.6 Å². The van der Waals surface area contributed by atoms with E-state index >= 15 is 0 Å². The summed E-state index contributed by atoms with van der Waals surface area (Å²) in [5, 5.41) is 4.12. The largest absolute Gasteiger partial charge is 0.485 e. The molecule has 1 aliphatic rings. The first kappa shape index (κ1) is 16.1. The third-order valence-corrected chi connectivity index (χ3v) is 5.76. The van der Waals surface area contributed by atoms with E-state index in [1.54, 1.807) is 26.1 Å². The van der Waals surface area contributed by atoms with E-state index in [9.17, 15) is 8.42 Å². The monoisotopic (exact) mass is 355 g/mol. The second-order valence-corrected chi connectivity index (χ2v) is 8.24. The highest BCUT2D eigenvalue weighted by Crippen LogP contribution is 2.41. The van der Waals surface area contributed by atoms with Crippen molar-refractivity contribution in [2.24, 2.45) is 7.05 Å². The van der Waals surface area contributed by atoms with Gasteiger partial charge in [-0.25, -0.2) is 8.42 Å². The molecule has 2 heterocycles. The maximum Gasteiger partial charge on any atom is 0.266 e. The van der Waals surface area contributed by atoms with Crippen molar-refractivity contribution in [1.29, 1.82) is 0 Å². The van der Waals surface area contributed by atoms with Crippen LogP contribution in [0.4, 0.5) is 5.69 Å². The Morgan fingerprint density at radius 3 is 2.70 bits per heavy atom. The predicted octanol–water partition coefficient (Wildman–Crippen LogP) is 2.90. The molecule has 1 aliphatic heterocycles. The molecule has 0 bridgehead atoms. The number of aryl methyl sites for hydroxylation is 2. The third-order valence-electron chi connectivity index (χ3n) is 3.70. The summed E-state index contributed by atoms with van der Waals surface area (Å²) in [4.78, 5) is -0.0171. The number of fused-ring (bicyclic) bond motifs is 1. The molecule has 0 unspecified atom stereocenters. The van der Waals surface area contributed by atoms with Gasteiger partial charge in [0.25, 0.3) is 10.0 Å². The van der Waals surface area contributed by atoms with Gasteiger partial charge in [-0.15, -0.1) is 0 Å². The number of aromatic nitrogens is 2. The average Bonchev–Trinajstić information content (AvgIpc) is 2.85. The molecule has 2 aromatic rings. The van der Waals surface area contributed by atoms with E-state index in [4.69, 9.17) is 16.3 Å². The highest BCUT2D eigenvalue weighted by Gasteiger charge is 2.33. The van der Waals surface area contributed by atoms with Crippen LogP contribution < -0.4 is 9.46 Å². The van der Waals surface area contributed by atoms with Gasteiger partial charge in [0.1, 0.15) is 21.4 Å². The Morgan fingerprint density at radius 2 is 2.09 bits per heavy atom. The van der Waals surface area contributed by atoms with Crippen molar-refractivity contribution < 1.29 is 13.2 Å². The van der Waals surface area contributed by atoms with Gasteiger partial charge in [-0.3, -0.25) is 9.40 Å². The van der Waals surface area contributed by atoms with Crippen molar-refractivity contribution >= 4 is 27.3 Å². The van der Waals surface area contributed by atoms with E-state index in [1.165, 1.54) is 4.68 Å². The number of halogens is 1. The molecule has 0 atom stereocenters. The zero-order valence-corrected chi connectivity index (χ0v) is 14.9. The third kappa shape index (κ3) is 2.79. The Labute approximate surface area is 140 Å². The van der Waals surface area contributed by atoms with E-state index in [1.807, 2.05) is 19.9 Å². The lowest BCUT2D eigenvalue weighted by atomic mass is 10.0. The number of rotatable bonds is 3. The van der Waals surface area contributed by atoms with Gasteiger partial charge < -0.3 is 4.74 Å². The van der Waals surface area contributed by atoms with Crippen LogP contribution in [0.3, 0.4) is 0 Å². The summed E-state index contributed by atoms with van der Waals surface area (Å²) in [6.07, 6.45) is 0.727. The van der Waals surface area contributed by atoms with Crippen molar-refractivity contribution in [2.45, 2.75) is 37.7 Å². The molecule has 0 spiro atoms. The molecule has 0 fully saturated rings. The van der Waals surface area contributed by atoms with Gasteiger partial charge in [0.15, 0.2) is 0 Å². The van der Waals surface area contributed by atoms with Crippen LogP contribution in [0.1, 0.15) is 25.1 Å². The maximum atomic E-state index is 12.7. The number of hydrogen-bond acceptors (Lipinski definition) is 4. The maximum absolute atomic E-state index is 12.7. The van der Waals surface area contributed by atoms with Crippen molar-refractivity contribution in [1.82, 2.24) is 9.78 Å². The molecule has 0 saturated carbocycles.